The van der Waals surface area contributed by atoms with Gasteiger partial charge < -0.3 is 25.0 Å². The van der Waals surface area contributed by atoms with Gasteiger partial charge in [0, 0.05) is 0 Å². The number of esters is 2. The standard InChI is InChI=1S/C19H22F3NO8/c1-3-30-13(24)9-12(18(29)31-4-2)14(17(27)28)23-16(26)15(25)10-5-7-11(8-6-10)19(20,21)22/h5-8,12,14-15,25H,3-4,9H2,1-2H3,(H,23,26)(H,27,28)/t12-,14+,15-/m1/s1. The summed E-state index contributed by atoms with van der Waals surface area (Å²) in [4.78, 5) is 47.9. The zero-order chi connectivity index (χ0) is 23.8. The molecule has 0 aromatic heterocycles. The average Bonchev–Trinajstić information content (AvgIpc) is 2.69. The van der Waals surface area contributed by atoms with E-state index in [1.807, 2.05) is 5.32 Å². The largest absolute Gasteiger partial charge is 0.480 e. The Hall–Kier alpha value is -3.15. The topological polar surface area (TPSA) is 139 Å². The van der Waals surface area contributed by atoms with E-state index in [1.165, 1.54) is 13.8 Å². The lowest BCUT2D eigenvalue weighted by Gasteiger charge is -2.24. The third-order valence-corrected chi connectivity index (χ3v) is 4.05. The Labute approximate surface area is 175 Å². The molecule has 3 atom stereocenters. The molecule has 0 radical (unpaired) electrons. The van der Waals surface area contributed by atoms with E-state index in [0.717, 1.165) is 12.1 Å². The van der Waals surface area contributed by atoms with E-state index >= 15 is 0 Å². The first-order chi connectivity index (χ1) is 14.4. The lowest BCUT2D eigenvalue weighted by atomic mass is 9.95. The molecule has 0 aliphatic rings. The number of aliphatic hydroxyl groups excluding tert-OH is 1. The van der Waals surface area contributed by atoms with E-state index < -0.39 is 60.0 Å². The molecule has 0 aliphatic carbocycles. The summed E-state index contributed by atoms with van der Waals surface area (Å²) in [6, 6.07) is 1.01. The second-order valence-electron chi connectivity index (χ2n) is 6.21. The van der Waals surface area contributed by atoms with Crippen LogP contribution in [0.5, 0.6) is 0 Å². The molecule has 0 saturated carbocycles. The predicted molar refractivity (Wildman–Crippen MR) is 97.3 cm³/mol. The van der Waals surface area contributed by atoms with Crippen molar-refractivity contribution in [2.24, 2.45) is 5.92 Å². The predicted octanol–water partition coefficient (Wildman–Crippen LogP) is 1.44. The van der Waals surface area contributed by atoms with E-state index in [0.29, 0.717) is 12.1 Å². The molecule has 1 amide bonds. The van der Waals surface area contributed by atoms with E-state index in [2.05, 4.69) is 0 Å². The highest BCUT2D eigenvalue weighted by atomic mass is 19.4. The quantitative estimate of drug-likeness (QED) is 0.456. The summed E-state index contributed by atoms with van der Waals surface area (Å²) in [5, 5.41) is 21.5. The van der Waals surface area contributed by atoms with Gasteiger partial charge in [0.15, 0.2) is 6.10 Å². The second-order valence-corrected chi connectivity index (χ2v) is 6.21. The third kappa shape index (κ3) is 7.55. The van der Waals surface area contributed by atoms with Gasteiger partial charge in [-0.15, -0.1) is 0 Å². The summed E-state index contributed by atoms with van der Waals surface area (Å²) < 4.78 is 47.4. The maximum atomic E-state index is 12.6. The van der Waals surface area contributed by atoms with Crippen LogP contribution in [0.1, 0.15) is 37.5 Å². The molecule has 3 N–H and O–H groups in total. The molecule has 0 bridgehead atoms. The number of nitrogens with one attached hydrogen (secondary N) is 1. The van der Waals surface area contributed by atoms with Crippen molar-refractivity contribution in [3.05, 3.63) is 35.4 Å². The number of hydrogen-bond donors (Lipinski definition) is 3. The highest BCUT2D eigenvalue weighted by molar-refractivity contribution is 5.92. The highest BCUT2D eigenvalue weighted by Crippen LogP contribution is 2.30. The molecule has 12 heteroatoms. The first-order valence-electron chi connectivity index (χ1n) is 9.12. The van der Waals surface area contributed by atoms with Crippen LogP contribution in [0.4, 0.5) is 13.2 Å². The summed E-state index contributed by atoms with van der Waals surface area (Å²) in [6.07, 6.45) is -7.38. The molecule has 9 nitrogen and oxygen atoms in total. The van der Waals surface area contributed by atoms with Gasteiger partial charge in [0.25, 0.3) is 5.91 Å². The van der Waals surface area contributed by atoms with Crippen LogP contribution < -0.4 is 5.32 Å². The molecular weight excluding hydrogens is 427 g/mol. The van der Waals surface area contributed by atoms with Crippen LogP contribution in [0, 0.1) is 5.92 Å². The molecule has 0 heterocycles. The van der Waals surface area contributed by atoms with Crippen LogP contribution in [-0.2, 0) is 34.8 Å². The van der Waals surface area contributed by atoms with E-state index in [1.54, 1.807) is 0 Å². The number of carbonyl (C=O) groups excluding carboxylic acids is 3. The number of benzene rings is 1. The number of halogens is 3. The molecule has 0 saturated heterocycles. The van der Waals surface area contributed by atoms with Gasteiger partial charge in [0.1, 0.15) is 6.04 Å². The summed E-state index contributed by atoms with van der Waals surface area (Å²) in [5.41, 5.74) is -1.25. The Morgan fingerprint density at radius 3 is 2.03 bits per heavy atom. The summed E-state index contributed by atoms with van der Waals surface area (Å²) >= 11 is 0. The fourth-order valence-electron chi connectivity index (χ4n) is 2.56. The number of aliphatic hydroxyl groups is 1. The second kappa shape index (κ2) is 11.3. The number of carbonyl (C=O) groups is 4. The zero-order valence-corrected chi connectivity index (χ0v) is 16.6. The van der Waals surface area contributed by atoms with Gasteiger partial charge in [-0.25, -0.2) is 4.79 Å². The number of ether oxygens (including phenoxy) is 2. The van der Waals surface area contributed by atoms with Crippen LogP contribution >= 0.6 is 0 Å². The Bertz CT molecular complexity index is 794. The molecule has 1 aromatic carbocycles. The maximum absolute atomic E-state index is 12.6. The lowest BCUT2D eigenvalue weighted by molar-refractivity contribution is -0.160. The van der Waals surface area contributed by atoms with Crippen LogP contribution in [0.3, 0.4) is 0 Å². The van der Waals surface area contributed by atoms with Gasteiger partial charge >= 0.3 is 24.1 Å². The van der Waals surface area contributed by atoms with E-state index in [4.69, 9.17) is 9.47 Å². The molecule has 0 fully saturated rings. The van der Waals surface area contributed by atoms with Crippen molar-refractivity contribution in [1.29, 1.82) is 0 Å². The van der Waals surface area contributed by atoms with Crippen LogP contribution in [0.15, 0.2) is 24.3 Å². The number of alkyl halides is 3. The summed E-state index contributed by atoms with van der Waals surface area (Å²) in [5.74, 6) is -6.67. The van der Waals surface area contributed by atoms with Crippen molar-refractivity contribution >= 4 is 23.8 Å². The number of carboxylic acid groups (broad SMARTS) is 1. The van der Waals surface area contributed by atoms with Crippen LogP contribution in [0.25, 0.3) is 0 Å². The summed E-state index contributed by atoms with van der Waals surface area (Å²) in [6.45, 7) is 2.77. The van der Waals surface area contributed by atoms with Crippen LogP contribution in [0.2, 0.25) is 0 Å². The van der Waals surface area contributed by atoms with E-state index in [-0.39, 0.29) is 18.8 Å². The molecule has 0 unspecified atom stereocenters. The molecule has 172 valence electrons. The monoisotopic (exact) mass is 449 g/mol. The van der Waals surface area contributed by atoms with Gasteiger partial charge in [0.05, 0.1) is 31.1 Å². The fourth-order valence-corrected chi connectivity index (χ4v) is 2.56. The van der Waals surface area contributed by atoms with Gasteiger partial charge in [-0.2, -0.15) is 13.2 Å². The SMILES string of the molecule is CCOC(=O)C[C@@H](C(=O)OCC)[C@H](NC(=O)[C@H](O)c1ccc(C(F)(F)F)cc1)C(=O)O. The average molecular weight is 449 g/mol. The number of amides is 1. The third-order valence-electron chi connectivity index (χ3n) is 4.05. The molecule has 1 aromatic rings. The number of aliphatic carboxylic acids is 1. The van der Waals surface area contributed by atoms with Gasteiger partial charge in [0.2, 0.25) is 0 Å². The number of rotatable bonds is 10. The normalized spacial score (nSPS) is 14.1. The molecule has 0 spiro atoms. The fraction of sp³-hybridized carbons (Fsp3) is 0.474. The minimum atomic E-state index is -4.62. The van der Waals surface area contributed by atoms with Gasteiger partial charge in [-0.05, 0) is 31.5 Å². The molecule has 31 heavy (non-hydrogen) atoms. The zero-order valence-electron chi connectivity index (χ0n) is 16.6. The lowest BCUT2D eigenvalue weighted by Crippen LogP contribution is -2.51. The Balaban J connectivity index is 3.06. The highest BCUT2D eigenvalue weighted by Gasteiger charge is 2.39. The minimum absolute atomic E-state index is 0.0366. The van der Waals surface area contributed by atoms with Gasteiger partial charge in [-0.3, -0.25) is 14.4 Å². The summed E-state index contributed by atoms with van der Waals surface area (Å²) in [7, 11) is 0. The molecule has 1 rings (SSSR count). The maximum Gasteiger partial charge on any atom is 0.416 e. The van der Waals surface area contributed by atoms with E-state index in [9.17, 15) is 42.6 Å². The van der Waals surface area contributed by atoms with Gasteiger partial charge in [-0.1, -0.05) is 12.1 Å². The Morgan fingerprint density at radius 2 is 1.58 bits per heavy atom. The smallest absolute Gasteiger partial charge is 0.416 e. The van der Waals surface area contributed by atoms with Crippen molar-refractivity contribution in [2.75, 3.05) is 13.2 Å². The van der Waals surface area contributed by atoms with Crippen molar-refractivity contribution in [3.63, 3.8) is 0 Å². The molecule has 0 aliphatic heterocycles. The first-order valence-corrected chi connectivity index (χ1v) is 9.12. The van der Waals surface area contributed by atoms with Crippen LogP contribution in [-0.4, -0.2) is 53.3 Å². The minimum Gasteiger partial charge on any atom is -0.480 e. The van der Waals surface area contributed by atoms with Crippen molar-refractivity contribution in [2.45, 2.75) is 38.6 Å². The van der Waals surface area contributed by atoms with Crippen molar-refractivity contribution in [3.8, 4) is 0 Å². The van der Waals surface area contributed by atoms with Crippen molar-refractivity contribution < 1.29 is 52.0 Å². The Kier molecular flexibility index (Phi) is 9.43. The molecular formula is C19H22F3NO8. The Morgan fingerprint density at radius 1 is 1.03 bits per heavy atom. The first kappa shape index (κ1) is 25.9. The van der Waals surface area contributed by atoms with Crippen molar-refractivity contribution in [1.82, 2.24) is 5.32 Å². The number of hydrogen-bond acceptors (Lipinski definition) is 7. The number of carboxylic acids is 1.